The molecule has 0 saturated carbocycles. The third-order valence-electron chi connectivity index (χ3n) is 4.54. The van der Waals surface area contributed by atoms with E-state index in [0.717, 1.165) is 5.56 Å². The van der Waals surface area contributed by atoms with Crippen LogP contribution in [0.2, 0.25) is 0 Å². The molecule has 2 aromatic carbocycles. The summed E-state index contributed by atoms with van der Waals surface area (Å²) in [5.41, 5.74) is 2.75. The molecule has 2 aromatic heterocycles. The molecule has 0 fully saturated rings. The number of aromatic nitrogens is 3. The number of carbonyl (C=O) groups excluding carboxylic acids is 1. The molecule has 28 heavy (non-hydrogen) atoms. The molecule has 142 valence electrons. The van der Waals surface area contributed by atoms with Crippen LogP contribution < -0.4 is 10.9 Å². The molecule has 0 spiro atoms. The van der Waals surface area contributed by atoms with Gasteiger partial charge in [-0.05, 0) is 55.8 Å². The first-order valence-corrected chi connectivity index (χ1v) is 8.99. The number of nitrogens with zero attached hydrogens (tertiary/aromatic N) is 3. The second-order valence-electron chi connectivity index (χ2n) is 6.98. The highest BCUT2D eigenvalue weighted by atomic mass is 19.1. The van der Waals surface area contributed by atoms with Gasteiger partial charge in [-0.2, -0.15) is 5.10 Å². The fourth-order valence-corrected chi connectivity index (χ4v) is 3.24. The minimum absolute atomic E-state index is 0.00167. The van der Waals surface area contributed by atoms with Crippen LogP contribution in [0, 0.1) is 5.82 Å². The van der Waals surface area contributed by atoms with Crippen molar-refractivity contribution in [3.05, 3.63) is 82.0 Å². The second-order valence-corrected chi connectivity index (χ2v) is 6.98. The van der Waals surface area contributed by atoms with Crippen LogP contribution in [-0.2, 0) is 6.54 Å². The van der Waals surface area contributed by atoms with E-state index < -0.39 is 0 Å². The van der Waals surface area contributed by atoms with Gasteiger partial charge in [-0.25, -0.2) is 8.91 Å². The third kappa shape index (κ3) is 3.15. The van der Waals surface area contributed by atoms with Crippen LogP contribution in [0.1, 0.15) is 29.8 Å². The molecule has 4 rings (SSSR count). The van der Waals surface area contributed by atoms with E-state index in [0.29, 0.717) is 22.1 Å². The van der Waals surface area contributed by atoms with Gasteiger partial charge in [-0.15, -0.1) is 0 Å². The summed E-state index contributed by atoms with van der Waals surface area (Å²) in [5, 5.41) is 7.10. The van der Waals surface area contributed by atoms with Crippen molar-refractivity contribution in [2.45, 2.75) is 26.4 Å². The molecule has 0 atom stereocenters. The fourth-order valence-electron chi connectivity index (χ4n) is 3.24. The molecule has 1 N–H and O–H groups in total. The molecular weight excluding hydrogens is 359 g/mol. The topological polar surface area (TPSA) is 68.4 Å². The Bertz CT molecular complexity index is 1240. The van der Waals surface area contributed by atoms with Gasteiger partial charge in [-0.1, -0.05) is 12.1 Å². The van der Waals surface area contributed by atoms with Gasteiger partial charge in [0, 0.05) is 11.6 Å². The molecule has 0 unspecified atom stereocenters. The largest absolute Gasteiger partial charge is 0.350 e. The summed E-state index contributed by atoms with van der Waals surface area (Å²) in [6.45, 7) is 4.03. The van der Waals surface area contributed by atoms with E-state index in [1.807, 2.05) is 13.8 Å². The van der Waals surface area contributed by atoms with Crippen molar-refractivity contribution in [3.8, 4) is 0 Å². The lowest BCUT2D eigenvalue weighted by molar-refractivity contribution is 0.0943. The molecule has 7 heteroatoms. The highest BCUT2D eigenvalue weighted by molar-refractivity contribution is 5.97. The number of hydrogen-bond donors (Lipinski definition) is 1. The lowest BCUT2D eigenvalue weighted by Crippen LogP contribution is -2.30. The smallest absolute Gasteiger partial charge is 0.277 e. The lowest BCUT2D eigenvalue weighted by atomic mass is 10.1. The zero-order valence-corrected chi connectivity index (χ0v) is 15.5. The maximum atomic E-state index is 13.2. The molecule has 0 aliphatic rings. The Hall–Kier alpha value is -3.48. The minimum atomic E-state index is -0.333. The van der Waals surface area contributed by atoms with Crippen molar-refractivity contribution < 1.29 is 9.18 Å². The van der Waals surface area contributed by atoms with Gasteiger partial charge in [0.15, 0.2) is 0 Å². The van der Waals surface area contributed by atoms with Gasteiger partial charge in [0.25, 0.3) is 11.5 Å². The SMILES string of the molecule is CC(C)NC(=O)c1ccc2c(c1)n(Cc1ccc(F)cc1)c(=O)c1ccnn12. The number of amides is 1. The molecular formula is C21H19FN4O2. The van der Waals surface area contributed by atoms with Crippen LogP contribution in [0.15, 0.2) is 59.5 Å². The van der Waals surface area contributed by atoms with Crippen LogP contribution in [0.4, 0.5) is 4.39 Å². The second kappa shape index (κ2) is 6.92. The Morgan fingerprint density at radius 3 is 2.54 bits per heavy atom. The number of nitrogens with one attached hydrogen (secondary N) is 1. The average Bonchev–Trinajstić information content (AvgIpc) is 3.16. The van der Waals surface area contributed by atoms with Crippen molar-refractivity contribution in [3.63, 3.8) is 0 Å². The number of benzene rings is 2. The molecule has 0 radical (unpaired) electrons. The van der Waals surface area contributed by atoms with E-state index in [4.69, 9.17) is 0 Å². The van der Waals surface area contributed by atoms with E-state index in [-0.39, 0.29) is 29.9 Å². The summed E-state index contributed by atoms with van der Waals surface area (Å²) in [4.78, 5) is 25.5. The first-order valence-electron chi connectivity index (χ1n) is 8.99. The van der Waals surface area contributed by atoms with Crippen molar-refractivity contribution in [1.29, 1.82) is 0 Å². The van der Waals surface area contributed by atoms with Crippen LogP contribution >= 0.6 is 0 Å². The van der Waals surface area contributed by atoms with Crippen molar-refractivity contribution in [2.75, 3.05) is 0 Å². The maximum Gasteiger partial charge on any atom is 0.277 e. The molecule has 0 aliphatic carbocycles. The van der Waals surface area contributed by atoms with Crippen LogP contribution in [-0.4, -0.2) is 26.1 Å². The Labute approximate surface area is 160 Å². The normalized spacial score (nSPS) is 11.4. The molecule has 0 saturated heterocycles. The predicted octanol–water partition coefficient (Wildman–Crippen LogP) is 2.97. The summed E-state index contributed by atoms with van der Waals surface area (Å²) in [6.07, 6.45) is 1.57. The monoisotopic (exact) mass is 378 g/mol. The summed E-state index contributed by atoms with van der Waals surface area (Å²) in [5.74, 6) is -0.543. The number of carbonyl (C=O) groups is 1. The fraction of sp³-hybridized carbons (Fsp3) is 0.190. The van der Waals surface area contributed by atoms with Gasteiger partial charge < -0.3 is 9.88 Å². The first-order chi connectivity index (χ1) is 13.4. The molecule has 0 bridgehead atoms. The van der Waals surface area contributed by atoms with Crippen molar-refractivity contribution in [2.24, 2.45) is 0 Å². The van der Waals surface area contributed by atoms with Crippen LogP contribution in [0.25, 0.3) is 16.6 Å². The van der Waals surface area contributed by atoms with Crippen LogP contribution in [0.5, 0.6) is 0 Å². The molecule has 1 amide bonds. The summed E-state index contributed by atoms with van der Waals surface area (Å²) < 4.78 is 16.4. The van der Waals surface area contributed by atoms with E-state index >= 15 is 0 Å². The third-order valence-corrected chi connectivity index (χ3v) is 4.54. The van der Waals surface area contributed by atoms with Gasteiger partial charge in [-0.3, -0.25) is 9.59 Å². The van der Waals surface area contributed by atoms with E-state index in [2.05, 4.69) is 10.4 Å². The van der Waals surface area contributed by atoms with E-state index in [1.54, 1.807) is 51.7 Å². The lowest BCUT2D eigenvalue weighted by Gasteiger charge is -2.14. The van der Waals surface area contributed by atoms with Crippen molar-refractivity contribution in [1.82, 2.24) is 19.5 Å². The van der Waals surface area contributed by atoms with Gasteiger partial charge in [0.05, 0.1) is 23.8 Å². The summed E-state index contributed by atoms with van der Waals surface area (Å²) in [7, 11) is 0. The zero-order valence-electron chi connectivity index (χ0n) is 15.5. The number of fused-ring (bicyclic) bond motifs is 3. The Morgan fingerprint density at radius 1 is 1.07 bits per heavy atom. The molecule has 2 heterocycles. The standard InChI is InChI=1S/C21H19FN4O2/c1-13(2)24-20(27)15-5-8-17-19(11-15)25(12-14-3-6-16(22)7-4-14)21(28)18-9-10-23-26(17)18/h3-11,13H,12H2,1-2H3,(H,24,27). The van der Waals surface area contributed by atoms with Gasteiger partial charge in [0.2, 0.25) is 0 Å². The maximum absolute atomic E-state index is 13.2. The quantitative estimate of drug-likeness (QED) is 0.594. The minimum Gasteiger partial charge on any atom is -0.350 e. The Morgan fingerprint density at radius 2 is 1.82 bits per heavy atom. The van der Waals surface area contributed by atoms with Crippen LogP contribution in [0.3, 0.4) is 0 Å². The Kier molecular flexibility index (Phi) is 4.43. The number of hydrogen-bond acceptors (Lipinski definition) is 3. The molecule has 6 nitrogen and oxygen atoms in total. The average molecular weight is 378 g/mol. The number of rotatable bonds is 4. The Balaban J connectivity index is 1.93. The first kappa shape index (κ1) is 17.9. The van der Waals surface area contributed by atoms with E-state index in [9.17, 15) is 14.0 Å². The highest BCUT2D eigenvalue weighted by Gasteiger charge is 2.15. The summed E-state index contributed by atoms with van der Waals surface area (Å²) >= 11 is 0. The van der Waals surface area contributed by atoms with Crippen molar-refractivity contribution >= 4 is 22.5 Å². The number of halogens is 1. The predicted molar refractivity (Wildman–Crippen MR) is 105 cm³/mol. The summed E-state index contributed by atoms with van der Waals surface area (Å²) in [6, 6.07) is 12.9. The van der Waals surface area contributed by atoms with E-state index in [1.165, 1.54) is 12.1 Å². The zero-order chi connectivity index (χ0) is 19.8. The van der Waals surface area contributed by atoms with Gasteiger partial charge in [0.1, 0.15) is 11.3 Å². The molecule has 4 aromatic rings. The molecule has 0 aliphatic heterocycles. The van der Waals surface area contributed by atoms with Gasteiger partial charge >= 0.3 is 0 Å². The highest BCUT2D eigenvalue weighted by Crippen LogP contribution is 2.18.